The van der Waals surface area contributed by atoms with Gasteiger partial charge in [-0.3, -0.25) is 4.90 Å². The lowest BCUT2D eigenvalue weighted by Crippen LogP contribution is -2.20. The summed E-state index contributed by atoms with van der Waals surface area (Å²) < 4.78 is 0. The molecule has 1 fully saturated rings. The Balaban J connectivity index is 1.98. The number of halogens is 1. The van der Waals surface area contributed by atoms with E-state index in [0.29, 0.717) is 4.99 Å². The Hall–Kier alpha value is -0.640. The summed E-state index contributed by atoms with van der Waals surface area (Å²) in [5.41, 5.74) is 7.62. The van der Waals surface area contributed by atoms with Crippen LogP contribution in [-0.2, 0) is 6.54 Å². The molecule has 2 nitrogen and oxygen atoms in total. The zero-order valence-corrected chi connectivity index (χ0v) is 12.9. The molecule has 19 heavy (non-hydrogen) atoms. The first-order valence-electron chi connectivity index (χ1n) is 6.90. The van der Waals surface area contributed by atoms with Crippen molar-refractivity contribution >= 4 is 28.8 Å². The number of thiocarbonyl (C=S) groups is 1. The van der Waals surface area contributed by atoms with E-state index in [9.17, 15) is 0 Å². The molecule has 1 aromatic carbocycles. The average molecular weight is 297 g/mol. The number of likely N-dealkylation sites (tertiary alicyclic amines) is 1. The first kappa shape index (κ1) is 14.8. The van der Waals surface area contributed by atoms with E-state index >= 15 is 0 Å². The van der Waals surface area contributed by atoms with Crippen LogP contribution in [0.25, 0.3) is 0 Å². The predicted molar refractivity (Wildman–Crippen MR) is 85.6 cm³/mol. The van der Waals surface area contributed by atoms with Gasteiger partial charge < -0.3 is 5.73 Å². The van der Waals surface area contributed by atoms with E-state index in [0.717, 1.165) is 23.0 Å². The maximum atomic E-state index is 6.31. The Morgan fingerprint density at radius 3 is 2.95 bits per heavy atom. The fourth-order valence-corrected chi connectivity index (χ4v) is 3.14. The van der Waals surface area contributed by atoms with Gasteiger partial charge in [0, 0.05) is 23.7 Å². The van der Waals surface area contributed by atoms with Crippen LogP contribution >= 0.6 is 23.8 Å². The first-order chi connectivity index (χ1) is 9.10. The van der Waals surface area contributed by atoms with Gasteiger partial charge in [0.1, 0.15) is 4.99 Å². The van der Waals surface area contributed by atoms with Crippen LogP contribution in [0.2, 0.25) is 5.02 Å². The maximum absolute atomic E-state index is 6.31. The van der Waals surface area contributed by atoms with E-state index in [1.807, 2.05) is 18.2 Å². The van der Waals surface area contributed by atoms with Crippen molar-refractivity contribution in [1.82, 2.24) is 4.90 Å². The number of hydrogen-bond donors (Lipinski definition) is 1. The van der Waals surface area contributed by atoms with E-state index in [1.165, 1.54) is 37.9 Å². The highest BCUT2D eigenvalue weighted by Gasteiger charge is 2.22. The van der Waals surface area contributed by atoms with Crippen LogP contribution in [0.5, 0.6) is 0 Å². The van der Waals surface area contributed by atoms with Gasteiger partial charge in [-0.15, -0.1) is 0 Å². The van der Waals surface area contributed by atoms with Gasteiger partial charge in [-0.1, -0.05) is 49.3 Å². The number of benzene rings is 1. The molecule has 0 amide bonds. The number of nitrogens with two attached hydrogens (primary N) is 1. The summed E-state index contributed by atoms with van der Waals surface area (Å²) in [4.78, 5) is 2.89. The molecular weight excluding hydrogens is 276 g/mol. The van der Waals surface area contributed by atoms with E-state index in [1.54, 1.807) is 0 Å². The summed E-state index contributed by atoms with van der Waals surface area (Å²) >= 11 is 11.3. The summed E-state index contributed by atoms with van der Waals surface area (Å²) in [6.45, 7) is 5.56. The van der Waals surface area contributed by atoms with Crippen LogP contribution in [0.3, 0.4) is 0 Å². The molecule has 0 aliphatic carbocycles. The number of hydrogen-bond acceptors (Lipinski definition) is 2. The third-order valence-electron chi connectivity index (χ3n) is 3.80. The molecule has 2 N–H and O–H groups in total. The Bertz CT molecular complexity index is 461. The van der Waals surface area contributed by atoms with Gasteiger partial charge in [0.15, 0.2) is 0 Å². The molecule has 0 aromatic heterocycles. The smallest absolute Gasteiger partial charge is 0.104 e. The van der Waals surface area contributed by atoms with Gasteiger partial charge in [0.2, 0.25) is 0 Å². The number of rotatable bonds is 5. The molecule has 1 aliphatic rings. The quantitative estimate of drug-likeness (QED) is 0.842. The SMILES string of the molecule is CCCC1CCN(Cc2ccc(C(N)=S)cc2Cl)C1. The second-order valence-electron chi connectivity index (χ2n) is 5.35. The fourth-order valence-electron chi connectivity index (χ4n) is 2.77. The summed E-state index contributed by atoms with van der Waals surface area (Å²) in [6, 6.07) is 5.88. The molecule has 1 heterocycles. The van der Waals surface area contributed by atoms with Gasteiger partial charge in [0.25, 0.3) is 0 Å². The normalized spacial score (nSPS) is 19.8. The van der Waals surface area contributed by atoms with Crippen LogP contribution in [0.1, 0.15) is 37.3 Å². The van der Waals surface area contributed by atoms with E-state index in [2.05, 4.69) is 11.8 Å². The van der Waals surface area contributed by atoms with Crippen molar-refractivity contribution < 1.29 is 0 Å². The molecule has 1 atom stereocenters. The second-order valence-corrected chi connectivity index (χ2v) is 6.20. The van der Waals surface area contributed by atoms with Crippen molar-refractivity contribution in [2.45, 2.75) is 32.7 Å². The molecule has 1 aromatic rings. The van der Waals surface area contributed by atoms with Crippen molar-refractivity contribution in [3.8, 4) is 0 Å². The highest BCUT2D eigenvalue weighted by atomic mass is 35.5. The molecule has 1 aliphatic heterocycles. The third-order valence-corrected chi connectivity index (χ3v) is 4.39. The molecule has 0 saturated carbocycles. The zero-order valence-electron chi connectivity index (χ0n) is 11.4. The minimum atomic E-state index is 0.401. The Morgan fingerprint density at radius 2 is 2.32 bits per heavy atom. The number of nitrogens with zero attached hydrogens (tertiary/aromatic N) is 1. The summed E-state index contributed by atoms with van der Waals surface area (Å²) in [6.07, 6.45) is 3.93. The Labute approximate surface area is 125 Å². The van der Waals surface area contributed by atoms with E-state index < -0.39 is 0 Å². The highest BCUT2D eigenvalue weighted by molar-refractivity contribution is 7.80. The summed E-state index contributed by atoms with van der Waals surface area (Å²) in [7, 11) is 0. The Morgan fingerprint density at radius 1 is 1.53 bits per heavy atom. The monoisotopic (exact) mass is 296 g/mol. The van der Waals surface area contributed by atoms with E-state index in [4.69, 9.17) is 29.6 Å². The summed E-state index contributed by atoms with van der Waals surface area (Å²) in [5, 5.41) is 0.768. The Kier molecular flexibility index (Phi) is 5.20. The van der Waals surface area contributed by atoms with Crippen LogP contribution < -0.4 is 5.73 Å². The fraction of sp³-hybridized carbons (Fsp3) is 0.533. The predicted octanol–water partition coefficient (Wildman–Crippen LogP) is 3.60. The summed E-state index contributed by atoms with van der Waals surface area (Å²) in [5.74, 6) is 0.861. The lowest BCUT2D eigenvalue weighted by atomic mass is 10.0. The molecule has 0 spiro atoms. The van der Waals surface area contributed by atoms with Crippen molar-refractivity contribution in [3.63, 3.8) is 0 Å². The van der Waals surface area contributed by atoms with Crippen LogP contribution in [0, 0.1) is 5.92 Å². The molecule has 0 radical (unpaired) electrons. The van der Waals surface area contributed by atoms with Gasteiger partial charge >= 0.3 is 0 Å². The minimum absolute atomic E-state index is 0.401. The topological polar surface area (TPSA) is 29.3 Å². The van der Waals surface area contributed by atoms with Crippen LogP contribution in [0.4, 0.5) is 0 Å². The molecule has 1 saturated heterocycles. The van der Waals surface area contributed by atoms with Gasteiger partial charge in [0.05, 0.1) is 0 Å². The van der Waals surface area contributed by atoms with Crippen LogP contribution in [0.15, 0.2) is 18.2 Å². The lowest BCUT2D eigenvalue weighted by molar-refractivity contribution is 0.313. The standard InChI is InChI=1S/C15H21ClN2S/c1-2-3-11-6-7-18(9-11)10-13-5-4-12(15(17)19)8-14(13)16/h4-5,8,11H,2-3,6-7,9-10H2,1H3,(H2,17,19). The van der Waals surface area contributed by atoms with Gasteiger partial charge in [-0.25, -0.2) is 0 Å². The minimum Gasteiger partial charge on any atom is -0.389 e. The largest absolute Gasteiger partial charge is 0.389 e. The van der Waals surface area contributed by atoms with Gasteiger partial charge in [-0.2, -0.15) is 0 Å². The molecule has 1 unspecified atom stereocenters. The lowest BCUT2D eigenvalue weighted by Gasteiger charge is -2.17. The highest BCUT2D eigenvalue weighted by Crippen LogP contribution is 2.25. The first-order valence-corrected chi connectivity index (χ1v) is 7.69. The third kappa shape index (κ3) is 3.91. The van der Waals surface area contributed by atoms with E-state index in [-0.39, 0.29) is 0 Å². The van der Waals surface area contributed by atoms with Crippen molar-refractivity contribution in [3.05, 3.63) is 34.3 Å². The molecule has 104 valence electrons. The zero-order chi connectivity index (χ0) is 13.8. The van der Waals surface area contributed by atoms with Crippen LogP contribution in [-0.4, -0.2) is 23.0 Å². The van der Waals surface area contributed by atoms with Crippen molar-refractivity contribution in [1.29, 1.82) is 0 Å². The second kappa shape index (κ2) is 6.69. The molecular formula is C15H21ClN2S. The van der Waals surface area contributed by atoms with Gasteiger partial charge in [-0.05, 0) is 36.9 Å². The molecule has 0 bridgehead atoms. The average Bonchev–Trinajstić information content (AvgIpc) is 2.79. The van der Waals surface area contributed by atoms with Crippen molar-refractivity contribution in [2.75, 3.05) is 13.1 Å². The maximum Gasteiger partial charge on any atom is 0.104 e. The molecule has 2 rings (SSSR count). The molecule has 4 heteroatoms. The van der Waals surface area contributed by atoms with Crippen molar-refractivity contribution in [2.24, 2.45) is 11.7 Å².